The normalized spacial score (nSPS) is 11.8. The summed E-state index contributed by atoms with van der Waals surface area (Å²) < 4.78 is 8.15. The Balaban J connectivity index is 2.37. The van der Waals surface area contributed by atoms with Crippen molar-refractivity contribution in [3.63, 3.8) is 0 Å². The molecule has 0 saturated carbocycles. The van der Waals surface area contributed by atoms with Gasteiger partial charge in [0, 0.05) is 27.1 Å². The predicted octanol–water partition coefficient (Wildman–Crippen LogP) is 2.96. The van der Waals surface area contributed by atoms with Crippen LogP contribution in [0.25, 0.3) is 0 Å². The summed E-state index contributed by atoms with van der Waals surface area (Å²) in [6.07, 6.45) is 3.02. The van der Waals surface area contributed by atoms with Gasteiger partial charge < -0.3 is 14.7 Å². The molecule has 0 aromatic carbocycles. The summed E-state index contributed by atoms with van der Waals surface area (Å²) in [7, 11) is -1.01. The van der Waals surface area contributed by atoms with Crippen LogP contribution < -0.4 is 0 Å². The van der Waals surface area contributed by atoms with Crippen LogP contribution in [0.5, 0.6) is 0 Å². The van der Waals surface area contributed by atoms with Crippen LogP contribution in [0.4, 0.5) is 0 Å². The zero-order valence-electron chi connectivity index (χ0n) is 9.96. The molecule has 1 rings (SSSR count). The molecule has 1 aromatic heterocycles. The zero-order valence-corrected chi connectivity index (χ0v) is 12.5. The SMILES string of the molecule is C[Si](C)(C)CCOCn1cc(C=N)nc1Br. The predicted molar refractivity (Wildman–Crippen MR) is 71.9 cm³/mol. The number of nitrogens with one attached hydrogen (secondary N) is 1. The summed E-state index contributed by atoms with van der Waals surface area (Å²) in [5.74, 6) is 0. The summed E-state index contributed by atoms with van der Waals surface area (Å²) in [6.45, 7) is 8.27. The van der Waals surface area contributed by atoms with E-state index in [2.05, 4.69) is 40.6 Å². The number of rotatable bonds is 6. The second-order valence-corrected chi connectivity index (χ2v) is 11.2. The highest BCUT2D eigenvalue weighted by Crippen LogP contribution is 2.11. The third-order valence-corrected chi connectivity index (χ3v) is 4.46. The largest absolute Gasteiger partial charge is 0.361 e. The molecule has 0 aliphatic carbocycles. The Morgan fingerprint density at radius 2 is 2.25 bits per heavy atom. The maximum atomic E-state index is 7.09. The van der Waals surface area contributed by atoms with Crippen LogP contribution in [0, 0.1) is 5.41 Å². The molecule has 0 fully saturated rings. The lowest BCUT2D eigenvalue weighted by atomic mass is 10.5. The van der Waals surface area contributed by atoms with Gasteiger partial charge in [-0.3, -0.25) is 0 Å². The number of hydrogen-bond donors (Lipinski definition) is 1. The van der Waals surface area contributed by atoms with Gasteiger partial charge >= 0.3 is 0 Å². The molecule has 4 nitrogen and oxygen atoms in total. The summed E-state index contributed by atoms with van der Waals surface area (Å²) in [6, 6.07) is 1.16. The Kier molecular flexibility index (Phi) is 4.88. The quantitative estimate of drug-likeness (QED) is 0.499. The fourth-order valence-electron chi connectivity index (χ4n) is 1.11. The molecule has 1 aromatic rings. The Labute approximate surface area is 106 Å². The van der Waals surface area contributed by atoms with Gasteiger partial charge in [-0.25, -0.2) is 4.98 Å². The number of aromatic nitrogens is 2. The van der Waals surface area contributed by atoms with Gasteiger partial charge in [0.2, 0.25) is 0 Å². The molecule has 1 N–H and O–H groups in total. The van der Waals surface area contributed by atoms with E-state index in [1.54, 1.807) is 6.20 Å². The molecule has 0 aliphatic rings. The Hall–Kier alpha value is -0.463. The molecule has 0 bridgehead atoms. The standard InChI is InChI=1S/C10H18BrN3OSi/c1-16(2,3)5-4-15-8-14-7-9(6-12)13-10(14)11/h6-7,12H,4-5,8H2,1-3H3. The first-order chi connectivity index (χ1) is 7.42. The van der Waals surface area contributed by atoms with Crippen LogP contribution in [-0.4, -0.2) is 30.4 Å². The first kappa shape index (κ1) is 13.6. The van der Waals surface area contributed by atoms with E-state index in [-0.39, 0.29) is 0 Å². The molecule has 0 atom stereocenters. The number of imidazole rings is 1. The first-order valence-electron chi connectivity index (χ1n) is 5.23. The Bertz CT molecular complexity index is 359. The molecule has 0 unspecified atom stereocenters. The number of hydrogen-bond acceptors (Lipinski definition) is 3. The summed E-state index contributed by atoms with van der Waals surface area (Å²) in [5.41, 5.74) is 0.640. The monoisotopic (exact) mass is 303 g/mol. The van der Waals surface area contributed by atoms with Gasteiger partial charge in [-0.2, -0.15) is 0 Å². The van der Waals surface area contributed by atoms with E-state index in [1.165, 1.54) is 6.21 Å². The third-order valence-electron chi connectivity index (χ3n) is 2.12. The Morgan fingerprint density at radius 1 is 1.56 bits per heavy atom. The maximum absolute atomic E-state index is 7.09. The summed E-state index contributed by atoms with van der Waals surface area (Å²) in [5, 5.41) is 7.09. The molecule has 0 amide bonds. The summed E-state index contributed by atoms with van der Waals surface area (Å²) in [4.78, 5) is 4.12. The van der Waals surface area contributed by atoms with Crippen molar-refractivity contribution < 1.29 is 4.74 Å². The van der Waals surface area contributed by atoms with Crippen LogP contribution in [0.3, 0.4) is 0 Å². The van der Waals surface area contributed by atoms with Crippen molar-refractivity contribution in [1.82, 2.24) is 9.55 Å². The van der Waals surface area contributed by atoms with Crippen LogP contribution >= 0.6 is 15.9 Å². The average molecular weight is 304 g/mol. The van der Waals surface area contributed by atoms with E-state index in [0.717, 1.165) is 12.7 Å². The average Bonchev–Trinajstić information content (AvgIpc) is 2.53. The van der Waals surface area contributed by atoms with Crippen LogP contribution in [0.2, 0.25) is 25.7 Å². The minimum absolute atomic E-state index is 0.492. The first-order valence-corrected chi connectivity index (χ1v) is 9.73. The second kappa shape index (κ2) is 5.74. The maximum Gasteiger partial charge on any atom is 0.179 e. The smallest absolute Gasteiger partial charge is 0.179 e. The van der Waals surface area contributed by atoms with Crippen LogP contribution in [-0.2, 0) is 11.5 Å². The highest BCUT2D eigenvalue weighted by molar-refractivity contribution is 9.10. The minimum atomic E-state index is -1.01. The van der Waals surface area contributed by atoms with Gasteiger partial charge in [0.05, 0.1) is 5.69 Å². The molecule has 16 heavy (non-hydrogen) atoms. The number of ether oxygens (including phenoxy) is 1. The van der Waals surface area contributed by atoms with E-state index in [1.807, 2.05) is 4.57 Å². The molecule has 1 heterocycles. The van der Waals surface area contributed by atoms with Gasteiger partial charge in [-0.15, -0.1) is 0 Å². The highest BCUT2D eigenvalue weighted by Gasteiger charge is 2.12. The van der Waals surface area contributed by atoms with Gasteiger partial charge in [-0.1, -0.05) is 19.6 Å². The van der Waals surface area contributed by atoms with Gasteiger partial charge in [0.15, 0.2) is 4.73 Å². The van der Waals surface area contributed by atoms with Crippen molar-refractivity contribution >= 4 is 30.2 Å². The lowest BCUT2D eigenvalue weighted by Gasteiger charge is -2.15. The molecular weight excluding hydrogens is 286 g/mol. The van der Waals surface area contributed by atoms with Crippen molar-refractivity contribution in [1.29, 1.82) is 5.41 Å². The summed E-state index contributed by atoms with van der Waals surface area (Å²) >= 11 is 3.33. The van der Waals surface area contributed by atoms with Gasteiger partial charge in [0.25, 0.3) is 0 Å². The Morgan fingerprint density at radius 3 is 2.75 bits per heavy atom. The van der Waals surface area contributed by atoms with Crippen molar-refractivity contribution in [3.8, 4) is 0 Å². The molecular formula is C10H18BrN3OSi. The van der Waals surface area contributed by atoms with Crippen molar-refractivity contribution in [3.05, 3.63) is 16.6 Å². The van der Waals surface area contributed by atoms with Crippen molar-refractivity contribution in [2.75, 3.05) is 6.61 Å². The lowest BCUT2D eigenvalue weighted by molar-refractivity contribution is 0.0856. The van der Waals surface area contributed by atoms with Gasteiger partial charge in [0.1, 0.15) is 6.73 Å². The third kappa shape index (κ3) is 4.59. The fourth-order valence-corrected chi connectivity index (χ4v) is 2.28. The number of nitrogens with zero attached hydrogens (tertiary/aromatic N) is 2. The van der Waals surface area contributed by atoms with E-state index in [0.29, 0.717) is 17.2 Å². The van der Waals surface area contributed by atoms with Crippen molar-refractivity contribution in [2.24, 2.45) is 0 Å². The van der Waals surface area contributed by atoms with E-state index in [4.69, 9.17) is 10.1 Å². The van der Waals surface area contributed by atoms with Crippen LogP contribution in [0.15, 0.2) is 10.9 Å². The molecule has 0 aliphatic heterocycles. The fraction of sp³-hybridized carbons (Fsp3) is 0.600. The minimum Gasteiger partial charge on any atom is -0.361 e. The van der Waals surface area contributed by atoms with E-state index < -0.39 is 8.07 Å². The second-order valence-electron chi connectivity index (χ2n) is 4.90. The van der Waals surface area contributed by atoms with Gasteiger partial charge in [-0.05, 0) is 22.0 Å². The molecule has 0 saturated heterocycles. The number of halogens is 1. The molecule has 0 radical (unpaired) electrons. The highest BCUT2D eigenvalue weighted by atomic mass is 79.9. The van der Waals surface area contributed by atoms with Crippen LogP contribution in [0.1, 0.15) is 5.69 Å². The molecule has 90 valence electrons. The molecule has 0 spiro atoms. The topological polar surface area (TPSA) is 50.9 Å². The lowest BCUT2D eigenvalue weighted by Crippen LogP contribution is -2.22. The van der Waals surface area contributed by atoms with E-state index in [9.17, 15) is 0 Å². The molecule has 6 heteroatoms. The zero-order chi connectivity index (χ0) is 12.2. The van der Waals surface area contributed by atoms with Crippen molar-refractivity contribution in [2.45, 2.75) is 32.4 Å². The van der Waals surface area contributed by atoms with E-state index >= 15 is 0 Å².